The predicted octanol–water partition coefficient (Wildman–Crippen LogP) is 1.48. The Bertz CT molecular complexity index is 46.1. The van der Waals surface area contributed by atoms with Crippen LogP contribution in [0.2, 0.25) is 0 Å². The minimum absolute atomic E-state index is 0.285. The summed E-state index contributed by atoms with van der Waals surface area (Å²) in [6, 6.07) is 0. The summed E-state index contributed by atoms with van der Waals surface area (Å²) in [7, 11) is 0. The molecule has 6 heavy (non-hydrogen) atoms. The second-order valence-electron chi connectivity index (χ2n) is 0.837. The Hall–Kier alpha value is 0.250. The van der Waals surface area contributed by atoms with Gasteiger partial charge in [-0.2, -0.15) is 0 Å². The Labute approximate surface area is 46.8 Å². The zero-order valence-electron chi connectivity index (χ0n) is 3.12. The van der Waals surface area contributed by atoms with Crippen LogP contribution in [0.1, 0.15) is 0 Å². The zero-order chi connectivity index (χ0) is 4.99. The van der Waals surface area contributed by atoms with Crippen LogP contribution in [-0.4, -0.2) is 17.5 Å². The van der Waals surface area contributed by atoms with Crippen LogP contribution in [0.15, 0.2) is 0 Å². The number of alkyl halides is 2. The van der Waals surface area contributed by atoms with E-state index in [9.17, 15) is 0 Å². The third-order valence-corrected chi connectivity index (χ3v) is 1.10. The largest absolute Gasteiger partial charge is 0.312 e. The molecule has 0 heterocycles. The van der Waals surface area contributed by atoms with Crippen LogP contribution in [0, 0.1) is 5.41 Å². The molecule has 0 radical (unpaired) electrons. The van der Waals surface area contributed by atoms with Gasteiger partial charge in [-0.1, -0.05) is 0 Å². The molecule has 0 fully saturated rings. The van der Waals surface area contributed by atoms with E-state index in [0.29, 0.717) is 5.88 Å². The lowest BCUT2D eigenvalue weighted by Crippen LogP contribution is -1.98. The van der Waals surface area contributed by atoms with Crippen LogP contribution < -0.4 is 0 Å². The molecule has 0 spiro atoms. The van der Waals surface area contributed by atoms with E-state index in [1.54, 1.807) is 0 Å². The molecule has 0 aliphatic heterocycles. The second kappa shape index (κ2) is 3.44. The molecule has 0 aromatic rings. The summed E-state index contributed by atoms with van der Waals surface area (Å²) < 4.78 is 0. The highest BCUT2D eigenvalue weighted by atomic mass is 35.5. The second-order valence-corrected chi connectivity index (χ2v) is 1.71. The molecule has 0 saturated carbocycles. The highest BCUT2D eigenvalue weighted by Gasteiger charge is 1.91. The molecule has 1 unspecified atom stereocenters. The van der Waals surface area contributed by atoms with Crippen LogP contribution in [0.3, 0.4) is 0 Å². The first-order chi connectivity index (χ1) is 2.81. The molecule has 0 aliphatic rings. The van der Waals surface area contributed by atoms with Crippen molar-refractivity contribution in [2.24, 2.45) is 0 Å². The summed E-state index contributed by atoms with van der Waals surface area (Å²) in [6.07, 6.45) is 1.11. The molecule has 0 bridgehead atoms. The van der Waals surface area contributed by atoms with E-state index in [0.717, 1.165) is 6.21 Å². The summed E-state index contributed by atoms with van der Waals surface area (Å²) in [5.74, 6) is 0.324. The molecule has 0 saturated heterocycles. The van der Waals surface area contributed by atoms with Crippen molar-refractivity contribution in [2.75, 3.05) is 5.88 Å². The van der Waals surface area contributed by atoms with Crippen LogP contribution >= 0.6 is 23.2 Å². The zero-order valence-corrected chi connectivity index (χ0v) is 4.63. The van der Waals surface area contributed by atoms with E-state index in [1.807, 2.05) is 0 Å². The first-order valence-corrected chi connectivity index (χ1v) is 2.49. The Kier molecular flexibility index (Phi) is 3.58. The highest BCUT2D eigenvalue weighted by molar-refractivity contribution is 6.33. The van der Waals surface area contributed by atoms with Crippen molar-refractivity contribution >= 4 is 29.4 Å². The van der Waals surface area contributed by atoms with Gasteiger partial charge in [-0.15, -0.1) is 23.2 Å². The molecule has 1 N–H and O–H groups in total. The minimum atomic E-state index is -0.285. The van der Waals surface area contributed by atoms with Gasteiger partial charge in [0.2, 0.25) is 0 Å². The van der Waals surface area contributed by atoms with E-state index < -0.39 is 0 Å². The molecular weight excluding hydrogens is 121 g/mol. The normalized spacial score (nSPS) is 13.7. The van der Waals surface area contributed by atoms with Crippen LogP contribution in [-0.2, 0) is 0 Å². The fourth-order valence-corrected chi connectivity index (χ4v) is 0.134. The predicted molar refractivity (Wildman–Crippen MR) is 29.1 cm³/mol. The van der Waals surface area contributed by atoms with Gasteiger partial charge in [0.15, 0.2) is 0 Å². The molecule has 0 aromatic heterocycles. The maximum atomic E-state index is 6.47. The van der Waals surface area contributed by atoms with Gasteiger partial charge < -0.3 is 5.41 Å². The van der Waals surface area contributed by atoms with Gasteiger partial charge in [0.05, 0.1) is 5.38 Å². The van der Waals surface area contributed by atoms with E-state index in [1.165, 1.54) is 0 Å². The lowest BCUT2D eigenvalue weighted by atomic mass is 10.5. The first-order valence-electron chi connectivity index (χ1n) is 1.52. The molecule has 3 heteroatoms. The molecule has 36 valence electrons. The highest BCUT2D eigenvalue weighted by Crippen LogP contribution is 1.91. The smallest absolute Gasteiger partial charge is 0.0816 e. The number of hydrogen-bond acceptors (Lipinski definition) is 1. The van der Waals surface area contributed by atoms with Crippen LogP contribution in [0.5, 0.6) is 0 Å². The quantitative estimate of drug-likeness (QED) is 0.428. The van der Waals surface area contributed by atoms with Gasteiger partial charge >= 0.3 is 0 Å². The molecule has 1 nitrogen and oxygen atoms in total. The molecule has 0 aliphatic carbocycles. The third kappa shape index (κ3) is 2.49. The average molecular weight is 126 g/mol. The van der Waals surface area contributed by atoms with Crippen molar-refractivity contribution in [3.63, 3.8) is 0 Å². The Balaban J connectivity index is 2.96. The van der Waals surface area contributed by atoms with Crippen molar-refractivity contribution < 1.29 is 0 Å². The van der Waals surface area contributed by atoms with Crippen LogP contribution in [0.25, 0.3) is 0 Å². The Morgan fingerprint density at radius 3 is 2.33 bits per heavy atom. The van der Waals surface area contributed by atoms with Gasteiger partial charge in [0, 0.05) is 12.1 Å². The van der Waals surface area contributed by atoms with Gasteiger partial charge in [-0.25, -0.2) is 0 Å². The molecule has 0 amide bonds. The number of halogens is 2. The third-order valence-electron chi connectivity index (χ3n) is 0.328. The fourth-order valence-electron chi connectivity index (χ4n) is 0.0445. The van der Waals surface area contributed by atoms with Crippen molar-refractivity contribution in [3.8, 4) is 0 Å². The van der Waals surface area contributed by atoms with Crippen molar-refractivity contribution in [1.82, 2.24) is 0 Å². The molecule has 0 rings (SSSR count). The summed E-state index contributed by atoms with van der Waals surface area (Å²) in [5, 5.41) is 6.18. The van der Waals surface area contributed by atoms with Gasteiger partial charge in [-0.05, 0) is 0 Å². The average Bonchev–Trinajstić information content (AvgIpc) is 1.65. The summed E-state index contributed by atoms with van der Waals surface area (Å²) in [6.45, 7) is 0. The summed E-state index contributed by atoms with van der Waals surface area (Å²) in [4.78, 5) is 0. The van der Waals surface area contributed by atoms with Crippen LogP contribution in [0.4, 0.5) is 0 Å². The van der Waals surface area contributed by atoms with Gasteiger partial charge in [-0.3, -0.25) is 0 Å². The maximum Gasteiger partial charge on any atom is 0.0816 e. The lowest BCUT2D eigenvalue weighted by Gasteiger charge is -1.87. The fraction of sp³-hybridized carbons (Fsp3) is 0.667. The summed E-state index contributed by atoms with van der Waals surface area (Å²) in [5.41, 5.74) is 0. The van der Waals surface area contributed by atoms with Crippen molar-refractivity contribution in [1.29, 1.82) is 5.41 Å². The van der Waals surface area contributed by atoms with Crippen molar-refractivity contribution in [3.05, 3.63) is 0 Å². The van der Waals surface area contributed by atoms with Crippen molar-refractivity contribution in [2.45, 2.75) is 5.38 Å². The lowest BCUT2D eigenvalue weighted by molar-refractivity contribution is 1.31. The van der Waals surface area contributed by atoms with Gasteiger partial charge in [0.25, 0.3) is 0 Å². The number of nitrogens with one attached hydrogen (secondary N) is 1. The summed E-state index contributed by atoms with van der Waals surface area (Å²) >= 11 is 10.4. The van der Waals surface area contributed by atoms with E-state index >= 15 is 0 Å². The van der Waals surface area contributed by atoms with E-state index in [-0.39, 0.29) is 5.38 Å². The topological polar surface area (TPSA) is 23.9 Å². The van der Waals surface area contributed by atoms with E-state index in [2.05, 4.69) is 0 Å². The number of rotatable bonds is 2. The monoisotopic (exact) mass is 125 g/mol. The Morgan fingerprint density at radius 2 is 2.33 bits per heavy atom. The van der Waals surface area contributed by atoms with E-state index in [4.69, 9.17) is 28.6 Å². The Morgan fingerprint density at radius 1 is 1.83 bits per heavy atom. The minimum Gasteiger partial charge on any atom is -0.312 e. The molecule has 0 aromatic carbocycles. The maximum absolute atomic E-state index is 6.47. The standard InChI is InChI=1S/C3H5Cl2N/c4-1-3(5)2-6/h2-3,6H,1H2. The van der Waals surface area contributed by atoms with Gasteiger partial charge in [0.1, 0.15) is 0 Å². The molecule has 1 atom stereocenters. The number of hydrogen-bond donors (Lipinski definition) is 1. The first kappa shape index (κ1) is 6.25. The molecular formula is C3H5Cl2N. The SMILES string of the molecule is N=CC(Cl)CCl.